The second-order valence-electron chi connectivity index (χ2n) is 7.58. The standard InChI is InChI=1S/C19H33N4/c1-23(13-3-2-4-14-23)15-10-21-9-12-22-11-5-6-17-7-8-18(20)16-19(17)22/h7-8,16,21H,2-6,9-15,20H2,1H3/q+1. The van der Waals surface area contributed by atoms with Gasteiger partial charge in [0.15, 0.2) is 0 Å². The van der Waals surface area contributed by atoms with Crippen molar-refractivity contribution in [2.75, 3.05) is 63.5 Å². The molecule has 0 unspecified atom stereocenters. The van der Waals surface area contributed by atoms with E-state index in [1.807, 2.05) is 6.07 Å². The molecule has 128 valence electrons. The summed E-state index contributed by atoms with van der Waals surface area (Å²) in [6, 6.07) is 6.38. The Bertz CT molecular complexity index is 508. The topological polar surface area (TPSA) is 41.3 Å². The van der Waals surface area contributed by atoms with Crippen molar-refractivity contribution < 1.29 is 4.48 Å². The summed E-state index contributed by atoms with van der Waals surface area (Å²) in [5.74, 6) is 0. The lowest BCUT2D eigenvalue weighted by Crippen LogP contribution is -2.51. The number of rotatable bonds is 6. The van der Waals surface area contributed by atoms with E-state index in [0.717, 1.165) is 31.9 Å². The number of quaternary nitrogens is 1. The number of fused-ring (bicyclic) bond motifs is 1. The van der Waals surface area contributed by atoms with Crippen LogP contribution in [0.4, 0.5) is 11.4 Å². The second kappa shape index (κ2) is 7.54. The molecule has 1 saturated heterocycles. The number of likely N-dealkylation sites (N-methyl/N-ethyl adjacent to an activating group) is 1. The van der Waals surface area contributed by atoms with Crippen LogP contribution < -0.4 is 16.0 Å². The highest BCUT2D eigenvalue weighted by Gasteiger charge is 2.23. The molecule has 0 aromatic heterocycles. The van der Waals surface area contributed by atoms with Crippen molar-refractivity contribution in [1.82, 2.24) is 5.32 Å². The van der Waals surface area contributed by atoms with Crippen LogP contribution in [-0.2, 0) is 6.42 Å². The molecular weight excluding hydrogens is 284 g/mol. The van der Waals surface area contributed by atoms with E-state index in [-0.39, 0.29) is 0 Å². The zero-order chi connectivity index (χ0) is 16.1. The Morgan fingerprint density at radius 1 is 1.13 bits per heavy atom. The Morgan fingerprint density at radius 2 is 1.96 bits per heavy atom. The van der Waals surface area contributed by atoms with Crippen LogP contribution in [0.15, 0.2) is 18.2 Å². The first-order chi connectivity index (χ1) is 11.2. The fourth-order valence-electron chi connectivity index (χ4n) is 4.09. The average Bonchev–Trinajstić information content (AvgIpc) is 2.55. The lowest BCUT2D eigenvalue weighted by molar-refractivity contribution is -0.912. The fourth-order valence-corrected chi connectivity index (χ4v) is 4.09. The Balaban J connectivity index is 1.42. The Labute approximate surface area is 141 Å². The Morgan fingerprint density at radius 3 is 2.78 bits per heavy atom. The number of piperidine rings is 1. The second-order valence-corrected chi connectivity index (χ2v) is 7.58. The molecule has 4 nitrogen and oxygen atoms in total. The molecule has 1 aromatic rings. The van der Waals surface area contributed by atoms with Crippen LogP contribution in [0.1, 0.15) is 31.2 Å². The highest BCUT2D eigenvalue weighted by molar-refractivity contribution is 5.62. The number of nitrogen functional groups attached to an aromatic ring is 1. The van der Waals surface area contributed by atoms with Crippen LogP contribution in [0.5, 0.6) is 0 Å². The summed E-state index contributed by atoms with van der Waals surface area (Å²) in [6.45, 7) is 8.43. The summed E-state index contributed by atoms with van der Waals surface area (Å²) >= 11 is 0. The third-order valence-electron chi connectivity index (χ3n) is 5.61. The van der Waals surface area contributed by atoms with Crippen molar-refractivity contribution in [3.63, 3.8) is 0 Å². The van der Waals surface area contributed by atoms with Crippen LogP contribution in [0.2, 0.25) is 0 Å². The van der Waals surface area contributed by atoms with E-state index in [1.165, 1.54) is 67.5 Å². The van der Waals surface area contributed by atoms with Gasteiger partial charge in [0.1, 0.15) is 0 Å². The average molecular weight is 318 g/mol. The quantitative estimate of drug-likeness (QED) is 0.480. The monoisotopic (exact) mass is 317 g/mol. The lowest BCUT2D eigenvalue weighted by Gasteiger charge is -2.38. The summed E-state index contributed by atoms with van der Waals surface area (Å²) in [5, 5.41) is 3.66. The molecule has 0 spiro atoms. The first-order valence-corrected chi connectivity index (χ1v) is 9.34. The van der Waals surface area contributed by atoms with E-state index >= 15 is 0 Å². The van der Waals surface area contributed by atoms with Gasteiger partial charge in [0.25, 0.3) is 0 Å². The van der Waals surface area contributed by atoms with Crippen LogP contribution in [0, 0.1) is 0 Å². The zero-order valence-corrected chi connectivity index (χ0v) is 14.7. The number of aryl methyl sites for hydroxylation is 1. The van der Waals surface area contributed by atoms with Gasteiger partial charge in [-0.2, -0.15) is 0 Å². The number of nitrogens with zero attached hydrogens (tertiary/aromatic N) is 2. The number of hydrogen-bond donors (Lipinski definition) is 2. The lowest BCUT2D eigenvalue weighted by atomic mass is 10.0. The number of benzene rings is 1. The molecule has 0 aliphatic carbocycles. The number of anilines is 2. The van der Waals surface area contributed by atoms with E-state index in [9.17, 15) is 0 Å². The maximum Gasteiger partial charge on any atom is 0.0911 e. The predicted octanol–water partition coefficient (Wildman–Crippen LogP) is 2.24. The van der Waals surface area contributed by atoms with Gasteiger partial charge >= 0.3 is 0 Å². The van der Waals surface area contributed by atoms with Crippen molar-refractivity contribution in [1.29, 1.82) is 0 Å². The van der Waals surface area contributed by atoms with Gasteiger partial charge in [0.2, 0.25) is 0 Å². The summed E-state index contributed by atoms with van der Waals surface area (Å²) in [4.78, 5) is 2.50. The van der Waals surface area contributed by atoms with Crippen LogP contribution in [-0.4, -0.2) is 57.3 Å². The maximum atomic E-state index is 5.97. The third-order valence-corrected chi connectivity index (χ3v) is 5.61. The van der Waals surface area contributed by atoms with Gasteiger partial charge in [0, 0.05) is 37.6 Å². The summed E-state index contributed by atoms with van der Waals surface area (Å²) in [5.41, 5.74) is 9.66. The molecule has 1 fully saturated rings. The molecule has 0 bridgehead atoms. The molecule has 0 radical (unpaired) electrons. The van der Waals surface area contributed by atoms with Gasteiger partial charge < -0.3 is 20.4 Å². The van der Waals surface area contributed by atoms with Crippen LogP contribution in [0.25, 0.3) is 0 Å². The van der Waals surface area contributed by atoms with Crippen molar-refractivity contribution >= 4 is 11.4 Å². The summed E-state index contributed by atoms with van der Waals surface area (Å²) in [7, 11) is 2.42. The van der Waals surface area contributed by atoms with Crippen molar-refractivity contribution in [3.05, 3.63) is 23.8 Å². The van der Waals surface area contributed by atoms with Crippen molar-refractivity contribution in [2.24, 2.45) is 0 Å². The van der Waals surface area contributed by atoms with Gasteiger partial charge in [-0.25, -0.2) is 0 Å². The van der Waals surface area contributed by atoms with E-state index < -0.39 is 0 Å². The van der Waals surface area contributed by atoms with E-state index in [4.69, 9.17) is 5.73 Å². The molecule has 2 heterocycles. The maximum absolute atomic E-state index is 5.97. The zero-order valence-electron chi connectivity index (χ0n) is 14.7. The minimum Gasteiger partial charge on any atom is -0.399 e. The van der Waals surface area contributed by atoms with Crippen molar-refractivity contribution in [3.8, 4) is 0 Å². The van der Waals surface area contributed by atoms with E-state index in [2.05, 4.69) is 29.4 Å². The highest BCUT2D eigenvalue weighted by Crippen LogP contribution is 2.28. The first-order valence-electron chi connectivity index (χ1n) is 9.34. The molecular formula is C19H33N4+. The SMILES string of the molecule is C[N+]1(CCNCCN2CCCc3ccc(N)cc32)CCCCC1. The van der Waals surface area contributed by atoms with Crippen LogP contribution >= 0.6 is 0 Å². The molecule has 0 atom stereocenters. The van der Waals surface area contributed by atoms with Crippen LogP contribution in [0.3, 0.4) is 0 Å². The molecule has 1 aromatic carbocycles. The normalized spacial score (nSPS) is 20.3. The van der Waals surface area contributed by atoms with E-state index in [0.29, 0.717) is 0 Å². The number of nitrogens with one attached hydrogen (secondary N) is 1. The Hall–Kier alpha value is -1.26. The summed E-state index contributed by atoms with van der Waals surface area (Å²) in [6.07, 6.45) is 6.69. The number of likely N-dealkylation sites (tertiary alicyclic amines) is 1. The molecule has 3 rings (SSSR count). The molecule has 4 heteroatoms. The highest BCUT2D eigenvalue weighted by atomic mass is 15.3. The molecule has 2 aliphatic rings. The minimum absolute atomic E-state index is 0.881. The Kier molecular flexibility index (Phi) is 5.44. The molecule has 3 N–H and O–H groups in total. The van der Waals surface area contributed by atoms with Gasteiger partial charge in [-0.3, -0.25) is 0 Å². The number of hydrogen-bond acceptors (Lipinski definition) is 3. The van der Waals surface area contributed by atoms with Gasteiger partial charge in [-0.15, -0.1) is 0 Å². The predicted molar refractivity (Wildman–Crippen MR) is 98.9 cm³/mol. The van der Waals surface area contributed by atoms with E-state index in [1.54, 1.807) is 0 Å². The molecule has 2 aliphatic heterocycles. The smallest absolute Gasteiger partial charge is 0.0911 e. The largest absolute Gasteiger partial charge is 0.399 e. The van der Waals surface area contributed by atoms with Gasteiger partial charge in [-0.1, -0.05) is 6.07 Å². The molecule has 0 amide bonds. The fraction of sp³-hybridized carbons (Fsp3) is 0.684. The van der Waals surface area contributed by atoms with Crippen molar-refractivity contribution in [2.45, 2.75) is 32.1 Å². The minimum atomic E-state index is 0.881. The van der Waals surface area contributed by atoms with Gasteiger partial charge in [0.05, 0.1) is 26.7 Å². The van der Waals surface area contributed by atoms with Gasteiger partial charge in [-0.05, 0) is 49.8 Å². The molecule has 23 heavy (non-hydrogen) atoms. The number of nitrogens with two attached hydrogens (primary N) is 1. The molecule has 0 saturated carbocycles. The third kappa shape index (κ3) is 4.39. The first kappa shape index (κ1) is 16.6. The summed E-state index contributed by atoms with van der Waals surface area (Å²) < 4.78 is 1.26.